The molecule has 2 atom stereocenters. The average Bonchev–Trinajstić information content (AvgIpc) is 3.53. The molecule has 0 radical (unpaired) electrons. The number of aromatic nitrogens is 5. The highest BCUT2D eigenvalue weighted by Gasteiger charge is 2.30. The van der Waals surface area contributed by atoms with E-state index in [9.17, 15) is 9.59 Å². The summed E-state index contributed by atoms with van der Waals surface area (Å²) in [5.41, 5.74) is 3.02. The Morgan fingerprint density at radius 1 is 1.17 bits per heavy atom. The smallest absolute Gasteiger partial charge is 0.276 e. The van der Waals surface area contributed by atoms with Crippen molar-refractivity contribution in [1.82, 2.24) is 35.5 Å². The molecular weight excluding hydrogens is 446 g/mol. The Kier molecular flexibility index (Phi) is 8.09. The predicted octanol–water partition coefficient (Wildman–Crippen LogP) is 3.57. The lowest BCUT2D eigenvalue weighted by molar-refractivity contribution is -0.122. The Morgan fingerprint density at radius 2 is 1.94 bits per heavy atom. The van der Waals surface area contributed by atoms with Gasteiger partial charge in [-0.25, -0.2) is 14.1 Å². The quantitative estimate of drug-likeness (QED) is 0.515. The molecule has 10 nitrogen and oxygen atoms in total. The first-order chi connectivity index (χ1) is 17.1. The van der Waals surface area contributed by atoms with Crippen molar-refractivity contribution >= 4 is 17.5 Å². The van der Waals surface area contributed by atoms with Gasteiger partial charge in [0.15, 0.2) is 11.3 Å². The third kappa shape index (κ3) is 5.68. The number of nitrogens with zero attached hydrogens (tertiary/aromatic N) is 5. The van der Waals surface area contributed by atoms with E-state index in [0.717, 1.165) is 55.7 Å². The minimum Gasteiger partial charge on any atom is -0.356 e. The molecule has 1 aliphatic carbocycles. The maximum Gasteiger partial charge on any atom is 0.276 e. The second-order valence-electron chi connectivity index (χ2n) is 9.17. The molecule has 2 fully saturated rings. The van der Waals surface area contributed by atoms with Gasteiger partial charge in [-0.3, -0.25) is 9.59 Å². The first-order valence-electron chi connectivity index (χ1n) is 12.8. The van der Waals surface area contributed by atoms with Crippen molar-refractivity contribution in [1.29, 1.82) is 0 Å². The molecule has 2 aliphatic rings. The summed E-state index contributed by atoms with van der Waals surface area (Å²) < 4.78 is 6.48. The SMILES string of the molecule is CC.Cc1nonc1C(=O)NC(c1cn2nc(CC3CCNC3=O)ccc2n1)C1CCCCCC1. The fraction of sp³-hybridized carbons (Fsp3) is 0.600. The summed E-state index contributed by atoms with van der Waals surface area (Å²) in [5, 5.41) is 18.2. The van der Waals surface area contributed by atoms with Crippen LogP contribution in [-0.4, -0.2) is 43.3 Å². The predicted molar refractivity (Wildman–Crippen MR) is 130 cm³/mol. The van der Waals surface area contributed by atoms with Crippen LogP contribution >= 0.6 is 0 Å². The van der Waals surface area contributed by atoms with Gasteiger partial charge in [-0.05, 0) is 49.4 Å². The van der Waals surface area contributed by atoms with Crippen molar-refractivity contribution in [3.63, 3.8) is 0 Å². The zero-order valence-corrected chi connectivity index (χ0v) is 20.8. The number of imidazole rings is 1. The van der Waals surface area contributed by atoms with Gasteiger partial charge in [0.05, 0.1) is 23.6 Å². The van der Waals surface area contributed by atoms with Crippen LogP contribution in [0.2, 0.25) is 0 Å². The van der Waals surface area contributed by atoms with Gasteiger partial charge < -0.3 is 10.6 Å². The van der Waals surface area contributed by atoms with Crippen LogP contribution in [-0.2, 0) is 11.2 Å². The van der Waals surface area contributed by atoms with Crippen molar-refractivity contribution in [2.45, 2.75) is 78.2 Å². The topological polar surface area (TPSA) is 127 Å². The van der Waals surface area contributed by atoms with Crippen LogP contribution in [0.25, 0.3) is 5.65 Å². The summed E-state index contributed by atoms with van der Waals surface area (Å²) >= 11 is 0. The van der Waals surface area contributed by atoms with E-state index in [0.29, 0.717) is 12.1 Å². The molecule has 1 aliphatic heterocycles. The van der Waals surface area contributed by atoms with Crippen molar-refractivity contribution in [2.75, 3.05) is 6.54 Å². The fourth-order valence-corrected chi connectivity index (χ4v) is 5.02. The van der Waals surface area contributed by atoms with Gasteiger partial charge in [-0.15, -0.1) is 0 Å². The highest BCUT2D eigenvalue weighted by atomic mass is 16.6. The fourth-order valence-electron chi connectivity index (χ4n) is 5.02. The largest absolute Gasteiger partial charge is 0.356 e. The lowest BCUT2D eigenvalue weighted by atomic mass is 9.90. The van der Waals surface area contributed by atoms with Gasteiger partial charge in [0.2, 0.25) is 5.91 Å². The summed E-state index contributed by atoms with van der Waals surface area (Å²) in [6, 6.07) is 3.61. The maximum atomic E-state index is 13.0. The molecule has 0 bridgehead atoms. The van der Waals surface area contributed by atoms with E-state index in [1.165, 1.54) is 12.8 Å². The number of aryl methyl sites for hydroxylation is 1. The first kappa shape index (κ1) is 24.8. The molecule has 3 aromatic rings. The standard InChI is InChI=1S/C23H29N7O3.C2H6/c1-14-20(29-33-28-14)23(32)26-21(15-6-4-2-3-5-7-15)18-13-30-19(25-18)9-8-17(27-30)12-16-10-11-24-22(16)31;1-2/h8-9,13,15-16,21H,2-7,10-12H2,1H3,(H,24,31)(H,26,32);1-2H3. The second-order valence-corrected chi connectivity index (χ2v) is 9.17. The van der Waals surface area contributed by atoms with E-state index in [-0.39, 0.29) is 35.4 Å². The van der Waals surface area contributed by atoms with Gasteiger partial charge in [-0.1, -0.05) is 44.7 Å². The molecule has 2 N–H and O–H groups in total. The molecule has 2 unspecified atom stereocenters. The number of rotatable bonds is 6. The van der Waals surface area contributed by atoms with Crippen LogP contribution in [0, 0.1) is 18.8 Å². The van der Waals surface area contributed by atoms with Crippen molar-refractivity contribution < 1.29 is 14.2 Å². The van der Waals surface area contributed by atoms with Crippen molar-refractivity contribution in [3.05, 3.63) is 41.1 Å². The van der Waals surface area contributed by atoms with Gasteiger partial charge in [0.25, 0.3) is 5.91 Å². The number of nitrogens with one attached hydrogen (secondary N) is 2. The number of carbonyl (C=O) groups excluding carboxylic acids is 2. The summed E-state index contributed by atoms with van der Waals surface area (Å²) in [6.07, 6.45) is 10.1. The van der Waals surface area contributed by atoms with Crippen LogP contribution in [0.1, 0.15) is 92.4 Å². The molecule has 35 heavy (non-hydrogen) atoms. The number of carbonyl (C=O) groups is 2. The Balaban J connectivity index is 0.00000141. The third-order valence-electron chi connectivity index (χ3n) is 6.86. The summed E-state index contributed by atoms with van der Waals surface area (Å²) in [7, 11) is 0. The van der Waals surface area contributed by atoms with Crippen LogP contribution in [0.4, 0.5) is 0 Å². The van der Waals surface area contributed by atoms with E-state index in [1.54, 1.807) is 11.4 Å². The van der Waals surface area contributed by atoms with Crippen LogP contribution in [0.5, 0.6) is 0 Å². The summed E-state index contributed by atoms with van der Waals surface area (Å²) in [6.45, 7) is 6.43. The number of fused-ring (bicyclic) bond motifs is 1. The van der Waals surface area contributed by atoms with Gasteiger partial charge in [0.1, 0.15) is 5.69 Å². The van der Waals surface area contributed by atoms with E-state index in [4.69, 9.17) is 14.7 Å². The molecule has 4 heterocycles. The van der Waals surface area contributed by atoms with Crippen molar-refractivity contribution in [3.8, 4) is 0 Å². The summed E-state index contributed by atoms with van der Waals surface area (Å²) in [5.74, 6) is 0.0383. The average molecular weight is 482 g/mol. The molecular formula is C25H35N7O3. The van der Waals surface area contributed by atoms with Crippen LogP contribution in [0.15, 0.2) is 23.0 Å². The monoisotopic (exact) mass is 481 g/mol. The zero-order valence-electron chi connectivity index (χ0n) is 20.8. The van der Waals surface area contributed by atoms with Gasteiger partial charge >= 0.3 is 0 Å². The maximum absolute atomic E-state index is 13.0. The summed E-state index contributed by atoms with van der Waals surface area (Å²) in [4.78, 5) is 29.7. The molecule has 0 spiro atoms. The second kappa shape index (κ2) is 11.4. The molecule has 0 aromatic carbocycles. The van der Waals surface area contributed by atoms with Crippen LogP contribution in [0.3, 0.4) is 0 Å². The van der Waals surface area contributed by atoms with Gasteiger partial charge in [0, 0.05) is 18.9 Å². The normalized spacial score (nSPS) is 19.5. The molecule has 2 amide bonds. The molecule has 10 heteroatoms. The van der Waals surface area contributed by atoms with E-state index < -0.39 is 0 Å². The Bertz CT molecular complexity index is 1150. The highest BCUT2D eigenvalue weighted by molar-refractivity contribution is 5.93. The number of amides is 2. The minimum atomic E-state index is -0.305. The first-order valence-corrected chi connectivity index (χ1v) is 12.8. The molecule has 1 saturated heterocycles. The van der Waals surface area contributed by atoms with Crippen LogP contribution < -0.4 is 10.6 Å². The minimum absolute atomic E-state index is 0.0322. The zero-order chi connectivity index (χ0) is 24.8. The van der Waals surface area contributed by atoms with Crippen molar-refractivity contribution in [2.24, 2.45) is 11.8 Å². The van der Waals surface area contributed by atoms with Gasteiger partial charge in [-0.2, -0.15) is 5.10 Å². The Labute approximate surface area is 205 Å². The Hall–Kier alpha value is -3.30. The molecule has 188 valence electrons. The molecule has 3 aromatic heterocycles. The lowest BCUT2D eigenvalue weighted by Crippen LogP contribution is -2.34. The van der Waals surface area contributed by atoms with E-state index in [2.05, 4.69) is 20.9 Å². The third-order valence-corrected chi connectivity index (χ3v) is 6.86. The number of hydrogen-bond acceptors (Lipinski definition) is 7. The molecule has 1 saturated carbocycles. The highest BCUT2D eigenvalue weighted by Crippen LogP contribution is 2.33. The molecule has 5 rings (SSSR count). The number of hydrogen-bond donors (Lipinski definition) is 2. The lowest BCUT2D eigenvalue weighted by Gasteiger charge is -2.25. The Morgan fingerprint density at radius 3 is 2.60 bits per heavy atom. The van der Waals surface area contributed by atoms with E-state index in [1.807, 2.05) is 32.2 Å². The van der Waals surface area contributed by atoms with E-state index >= 15 is 0 Å².